The monoisotopic (exact) mass is 454 g/mol. The molecule has 0 bridgehead atoms. The van der Waals surface area contributed by atoms with E-state index in [0.717, 1.165) is 16.6 Å². The summed E-state index contributed by atoms with van der Waals surface area (Å²) in [6, 6.07) is 6.57. The standard InChI is InChI=1S/C23H30N4O4Si/c1-23(2,3)32(6,7)27-11-9-16-15(8-10-25-20(16)27)19(31-5)17-12-14(22(29)30)13-18(26-17)21(28)24-4/h8-13,19H,1-7H3,(H,24,28)(H,29,30). The number of fused-ring (bicyclic) bond motifs is 1. The molecule has 8 nitrogen and oxygen atoms in total. The van der Waals surface area contributed by atoms with Crippen molar-refractivity contribution in [3.8, 4) is 0 Å². The molecule has 0 fully saturated rings. The summed E-state index contributed by atoms with van der Waals surface area (Å²) in [5.41, 5.74) is 2.01. The van der Waals surface area contributed by atoms with E-state index in [1.807, 2.05) is 12.1 Å². The van der Waals surface area contributed by atoms with Crippen molar-refractivity contribution in [1.29, 1.82) is 0 Å². The smallest absolute Gasteiger partial charge is 0.335 e. The third kappa shape index (κ3) is 4.05. The van der Waals surface area contributed by atoms with Crippen molar-refractivity contribution in [2.75, 3.05) is 14.2 Å². The lowest BCUT2D eigenvalue weighted by molar-refractivity contribution is 0.0696. The van der Waals surface area contributed by atoms with Gasteiger partial charge in [0.25, 0.3) is 5.91 Å². The summed E-state index contributed by atoms with van der Waals surface area (Å²) in [7, 11) is 1.09. The summed E-state index contributed by atoms with van der Waals surface area (Å²) < 4.78 is 8.07. The third-order valence-corrected chi connectivity index (χ3v) is 11.6. The molecule has 3 rings (SSSR count). The summed E-state index contributed by atoms with van der Waals surface area (Å²) in [4.78, 5) is 32.9. The lowest BCUT2D eigenvalue weighted by atomic mass is 10.0. The van der Waals surface area contributed by atoms with E-state index >= 15 is 0 Å². The minimum absolute atomic E-state index is 0.0218. The lowest BCUT2D eigenvalue weighted by Gasteiger charge is -2.38. The van der Waals surface area contributed by atoms with Gasteiger partial charge in [0.05, 0.1) is 11.3 Å². The molecule has 0 saturated heterocycles. The van der Waals surface area contributed by atoms with Crippen molar-refractivity contribution in [3.05, 3.63) is 59.2 Å². The number of amides is 1. The minimum atomic E-state index is -1.93. The van der Waals surface area contributed by atoms with E-state index in [1.54, 1.807) is 6.20 Å². The topological polar surface area (TPSA) is 106 Å². The molecule has 170 valence electrons. The molecule has 0 aliphatic rings. The van der Waals surface area contributed by atoms with E-state index in [1.165, 1.54) is 26.3 Å². The van der Waals surface area contributed by atoms with Crippen LogP contribution in [0.3, 0.4) is 0 Å². The number of carboxylic acids is 1. The normalized spacial score (nSPS) is 13.2. The van der Waals surface area contributed by atoms with E-state index in [2.05, 4.69) is 59.6 Å². The molecule has 0 aliphatic carbocycles. The van der Waals surface area contributed by atoms with Crippen LogP contribution >= 0.6 is 0 Å². The fraction of sp³-hybridized carbons (Fsp3) is 0.391. The number of carbonyl (C=O) groups excluding carboxylic acids is 1. The van der Waals surface area contributed by atoms with E-state index in [0.29, 0.717) is 5.69 Å². The number of hydrogen-bond donors (Lipinski definition) is 2. The van der Waals surface area contributed by atoms with Crippen LogP contribution in [0.1, 0.15) is 59.0 Å². The molecule has 1 unspecified atom stereocenters. The van der Waals surface area contributed by atoms with Crippen LogP contribution in [0.25, 0.3) is 11.0 Å². The number of methoxy groups -OCH3 is 1. The first-order chi connectivity index (χ1) is 14.9. The number of rotatable bonds is 6. The molecule has 3 aromatic rings. The summed E-state index contributed by atoms with van der Waals surface area (Å²) >= 11 is 0. The second-order valence-corrected chi connectivity index (χ2v) is 14.4. The van der Waals surface area contributed by atoms with Crippen LogP contribution in [0.15, 0.2) is 36.7 Å². The quantitative estimate of drug-likeness (QED) is 0.544. The fourth-order valence-corrected chi connectivity index (χ4v) is 5.44. The Bertz CT molecular complexity index is 1180. The molecule has 0 saturated carbocycles. The van der Waals surface area contributed by atoms with Crippen LogP contribution in [0.5, 0.6) is 0 Å². The molecule has 0 aromatic carbocycles. The average molecular weight is 455 g/mol. The zero-order valence-corrected chi connectivity index (χ0v) is 20.6. The Balaban J connectivity index is 2.21. The highest BCUT2D eigenvalue weighted by molar-refractivity contribution is 6.79. The number of nitrogens with zero attached hydrogens (tertiary/aromatic N) is 3. The van der Waals surface area contributed by atoms with Crippen molar-refractivity contribution in [2.45, 2.75) is 45.0 Å². The van der Waals surface area contributed by atoms with Gasteiger partial charge in [0.1, 0.15) is 17.4 Å². The van der Waals surface area contributed by atoms with Crippen LogP contribution < -0.4 is 5.32 Å². The first-order valence-electron chi connectivity index (χ1n) is 10.4. The van der Waals surface area contributed by atoms with Crippen LogP contribution in [0.4, 0.5) is 0 Å². The Labute approximate surface area is 188 Å². The molecule has 2 N–H and O–H groups in total. The summed E-state index contributed by atoms with van der Waals surface area (Å²) in [6.45, 7) is 11.3. The Morgan fingerprint density at radius 3 is 2.47 bits per heavy atom. The SMILES string of the molecule is CNC(=O)c1cc(C(=O)O)cc(C(OC)c2ccnc3c2ccn3[Si](C)(C)C(C)(C)C)n1. The molecule has 0 spiro atoms. The van der Waals surface area contributed by atoms with Gasteiger partial charge in [-0.25, -0.2) is 14.8 Å². The highest BCUT2D eigenvalue weighted by Crippen LogP contribution is 2.39. The summed E-state index contributed by atoms with van der Waals surface area (Å²) in [5, 5.41) is 13.1. The number of carboxylic acid groups (broad SMARTS) is 1. The van der Waals surface area contributed by atoms with Crippen molar-refractivity contribution in [1.82, 2.24) is 19.5 Å². The first kappa shape index (κ1) is 23.6. The second kappa shape index (κ2) is 8.48. The van der Waals surface area contributed by atoms with Crippen LogP contribution in [-0.2, 0) is 4.74 Å². The predicted molar refractivity (Wildman–Crippen MR) is 126 cm³/mol. The zero-order chi connectivity index (χ0) is 23.8. The van der Waals surface area contributed by atoms with Gasteiger partial charge in [0.2, 0.25) is 0 Å². The van der Waals surface area contributed by atoms with Crippen molar-refractivity contribution in [2.24, 2.45) is 0 Å². The van der Waals surface area contributed by atoms with Gasteiger partial charge < -0.3 is 19.4 Å². The van der Waals surface area contributed by atoms with Gasteiger partial charge >= 0.3 is 5.97 Å². The van der Waals surface area contributed by atoms with E-state index in [4.69, 9.17) is 4.74 Å². The molecule has 0 radical (unpaired) electrons. The van der Waals surface area contributed by atoms with Gasteiger partial charge in [0, 0.05) is 25.7 Å². The zero-order valence-electron chi connectivity index (χ0n) is 19.6. The summed E-state index contributed by atoms with van der Waals surface area (Å²) in [6.07, 6.45) is 3.13. The number of hydrogen-bond acceptors (Lipinski definition) is 5. The van der Waals surface area contributed by atoms with Crippen LogP contribution in [0, 0.1) is 0 Å². The van der Waals surface area contributed by atoms with E-state index < -0.39 is 26.2 Å². The van der Waals surface area contributed by atoms with Crippen molar-refractivity contribution >= 4 is 31.1 Å². The van der Waals surface area contributed by atoms with Gasteiger partial charge in [-0.3, -0.25) is 4.79 Å². The molecule has 1 atom stereocenters. The maximum atomic E-state index is 12.2. The Hall–Kier alpha value is -3.04. The predicted octanol–water partition coefficient (Wildman–Crippen LogP) is 4.08. The number of carbonyl (C=O) groups is 2. The van der Waals surface area contributed by atoms with E-state index in [9.17, 15) is 14.7 Å². The average Bonchev–Trinajstić information content (AvgIpc) is 3.18. The Morgan fingerprint density at radius 1 is 1.22 bits per heavy atom. The van der Waals surface area contributed by atoms with Gasteiger partial charge in [-0.1, -0.05) is 33.9 Å². The number of ether oxygens (including phenoxy) is 1. The molecule has 1 amide bonds. The van der Waals surface area contributed by atoms with Crippen LogP contribution in [-0.4, -0.2) is 53.6 Å². The number of nitrogens with one attached hydrogen (secondary N) is 1. The van der Waals surface area contributed by atoms with Crippen molar-refractivity contribution < 1.29 is 19.4 Å². The van der Waals surface area contributed by atoms with Crippen molar-refractivity contribution in [3.63, 3.8) is 0 Å². The number of aromatic nitrogens is 3. The third-order valence-electron chi connectivity index (χ3n) is 6.40. The second-order valence-electron chi connectivity index (χ2n) is 9.30. The molecule has 3 aromatic heterocycles. The lowest BCUT2D eigenvalue weighted by Crippen LogP contribution is -2.45. The molecular formula is C23H30N4O4Si. The largest absolute Gasteiger partial charge is 0.478 e. The highest BCUT2D eigenvalue weighted by Gasteiger charge is 2.38. The van der Waals surface area contributed by atoms with Gasteiger partial charge in [-0.15, -0.1) is 0 Å². The van der Waals surface area contributed by atoms with E-state index in [-0.39, 0.29) is 16.3 Å². The molecular weight excluding hydrogens is 424 g/mol. The van der Waals surface area contributed by atoms with Gasteiger partial charge in [-0.2, -0.15) is 0 Å². The fourth-order valence-electron chi connectivity index (χ4n) is 3.56. The summed E-state index contributed by atoms with van der Waals surface area (Å²) in [5.74, 6) is -1.61. The Morgan fingerprint density at radius 2 is 1.91 bits per heavy atom. The molecule has 3 heterocycles. The number of pyridine rings is 2. The van der Waals surface area contributed by atoms with Gasteiger partial charge in [0.15, 0.2) is 8.24 Å². The maximum Gasteiger partial charge on any atom is 0.335 e. The number of aromatic carboxylic acids is 1. The Kier molecular flexibility index (Phi) is 6.26. The van der Waals surface area contributed by atoms with Crippen LogP contribution in [0.2, 0.25) is 18.1 Å². The van der Waals surface area contributed by atoms with Gasteiger partial charge in [-0.05, 0) is 41.1 Å². The minimum Gasteiger partial charge on any atom is -0.478 e. The molecule has 9 heteroatoms. The maximum absolute atomic E-state index is 12.2. The molecule has 0 aliphatic heterocycles. The molecule has 32 heavy (non-hydrogen) atoms. The highest BCUT2D eigenvalue weighted by atomic mass is 28.3. The first-order valence-corrected chi connectivity index (χ1v) is 13.3.